The van der Waals surface area contributed by atoms with Crippen molar-refractivity contribution >= 4 is 17.8 Å². The van der Waals surface area contributed by atoms with E-state index in [9.17, 15) is 22.8 Å². The second-order valence-electron chi connectivity index (χ2n) is 3.14. The van der Waals surface area contributed by atoms with Crippen LogP contribution in [0.1, 0.15) is 27.1 Å². The summed E-state index contributed by atoms with van der Waals surface area (Å²) >= 11 is 0. The maximum absolute atomic E-state index is 12.0. The van der Waals surface area contributed by atoms with E-state index < -0.39 is 18.4 Å². The number of alkyl halides is 3. The van der Waals surface area contributed by atoms with E-state index in [0.717, 1.165) is 6.07 Å². The molecule has 0 heterocycles. The topological polar surface area (TPSA) is 60.2 Å². The first-order valence-corrected chi connectivity index (χ1v) is 4.29. The van der Waals surface area contributed by atoms with Gasteiger partial charge in [0.05, 0.1) is 5.69 Å². The number of hydrogen-bond acceptors (Lipinski definition) is 3. The molecule has 0 aliphatic rings. The fourth-order valence-electron chi connectivity index (χ4n) is 1.21. The highest BCUT2D eigenvalue weighted by molar-refractivity contribution is 6.04. The van der Waals surface area contributed by atoms with Gasteiger partial charge in [-0.25, -0.2) is 0 Å². The van der Waals surface area contributed by atoms with Gasteiger partial charge in [0, 0.05) is 11.1 Å². The van der Waals surface area contributed by atoms with Gasteiger partial charge >= 0.3 is 6.18 Å². The molecule has 0 bridgehead atoms. The molecule has 0 aromatic heterocycles. The number of nitrogen functional groups attached to an aromatic ring is 1. The fourth-order valence-corrected chi connectivity index (χ4v) is 1.21. The normalized spacial score (nSPS) is 11.2. The Morgan fingerprint density at radius 3 is 2.50 bits per heavy atom. The zero-order valence-electron chi connectivity index (χ0n) is 8.04. The highest BCUT2D eigenvalue weighted by Crippen LogP contribution is 2.25. The van der Waals surface area contributed by atoms with Crippen LogP contribution in [0.2, 0.25) is 0 Å². The Balaban J connectivity index is 3.05. The third-order valence-electron chi connectivity index (χ3n) is 1.93. The third-order valence-corrected chi connectivity index (χ3v) is 1.93. The quantitative estimate of drug-likeness (QED) is 0.493. The highest BCUT2D eigenvalue weighted by atomic mass is 19.4. The van der Waals surface area contributed by atoms with E-state index in [1.807, 2.05) is 0 Å². The van der Waals surface area contributed by atoms with Crippen LogP contribution in [0.15, 0.2) is 18.2 Å². The van der Waals surface area contributed by atoms with E-state index in [0.29, 0.717) is 6.29 Å². The summed E-state index contributed by atoms with van der Waals surface area (Å²) in [7, 11) is 0. The van der Waals surface area contributed by atoms with Crippen LogP contribution in [0.25, 0.3) is 0 Å². The van der Waals surface area contributed by atoms with E-state index in [-0.39, 0.29) is 16.8 Å². The summed E-state index contributed by atoms with van der Waals surface area (Å²) < 4.78 is 35.9. The van der Waals surface area contributed by atoms with Crippen molar-refractivity contribution in [1.29, 1.82) is 0 Å². The number of nitrogens with two attached hydrogens (primary N) is 1. The molecule has 6 heteroatoms. The number of hydrogen-bond donors (Lipinski definition) is 1. The average Bonchev–Trinajstić information content (AvgIpc) is 2.15. The molecule has 1 aromatic rings. The van der Waals surface area contributed by atoms with Gasteiger partial charge in [0.15, 0.2) is 12.1 Å². The number of benzene rings is 1. The highest BCUT2D eigenvalue weighted by Gasteiger charge is 2.32. The van der Waals surface area contributed by atoms with Gasteiger partial charge in [-0.3, -0.25) is 9.59 Å². The summed E-state index contributed by atoms with van der Waals surface area (Å²) in [5.41, 5.74) is 4.91. The molecule has 2 N–H and O–H groups in total. The van der Waals surface area contributed by atoms with Gasteiger partial charge in [-0.1, -0.05) is 6.07 Å². The number of anilines is 1. The van der Waals surface area contributed by atoms with Crippen LogP contribution in [0, 0.1) is 0 Å². The van der Waals surface area contributed by atoms with Crippen molar-refractivity contribution in [3.63, 3.8) is 0 Å². The van der Waals surface area contributed by atoms with Gasteiger partial charge < -0.3 is 5.73 Å². The molecule has 1 aromatic carbocycles. The van der Waals surface area contributed by atoms with Crippen LogP contribution in [0.3, 0.4) is 0 Å². The largest absolute Gasteiger partial charge is 0.398 e. The van der Waals surface area contributed by atoms with Crippen molar-refractivity contribution in [3.8, 4) is 0 Å². The minimum absolute atomic E-state index is 0.00743. The van der Waals surface area contributed by atoms with E-state index in [1.165, 1.54) is 12.1 Å². The van der Waals surface area contributed by atoms with Crippen LogP contribution in [-0.2, 0) is 0 Å². The zero-order chi connectivity index (χ0) is 12.3. The van der Waals surface area contributed by atoms with Crippen molar-refractivity contribution in [2.45, 2.75) is 12.6 Å². The Bertz CT molecular complexity index is 427. The summed E-state index contributed by atoms with van der Waals surface area (Å²) in [5, 5.41) is 0. The molecule has 0 fully saturated rings. The summed E-state index contributed by atoms with van der Waals surface area (Å²) in [6.07, 6.45) is -5.78. The first-order valence-electron chi connectivity index (χ1n) is 4.29. The molecular formula is C10H8F3NO2. The maximum atomic E-state index is 12.0. The Morgan fingerprint density at radius 2 is 2.00 bits per heavy atom. The Hall–Kier alpha value is -1.85. The Morgan fingerprint density at radius 1 is 1.38 bits per heavy atom. The van der Waals surface area contributed by atoms with Crippen molar-refractivity contribution in [1.82, 2.24) is 0 Å². The zero-order valence-corrected chi connectivity index (χ0v) is 8.04. The van der Waals surface area contributed by atoms with E-state index in [1.54, 1.807) is 0 Å². The van der Waals surface area contributed by atoms with Crippen molar-refractivity contribution in [2.24, 2.45) is 0 Å². The molecule has 1 rings (SSSR count). The molecule has 0 atom stereocenters. The molecule has 86 valence electrons. The van der Waals surface area contributed by atoms with Crippen LogP contribution < -0.4 is 5.73 Å². The SMILES string of the molecule is Nc1c(C=O)cccc1C(=O)CC(F)(F)F. The lowest BCUT2D eigenvalue weighted by molar-refractivity contribution is -0.125. The summed E-state index contributed by atoms with van der Waals surface area (Å²) in [5.74, 6) is -1.14. The lowest BCUT2D eigenvalue weighted by Gasteiger charge is -2.08. The van der Waals surface area contributed by atoms with Gasteiger partial charge in [0.1, 0.15) is 6.42 Å². The van der Waals surface area contributed by atoms with Gasteiger partial charge in [0.2, 0.25) is 0 Å². The van der Waals surface area contributed by atoms with Crippen LogP contribution in [0.5, 0.6) is 0 Å². The minimum atomic E-state index is -4.58. The smallest absolute Gasteiger partial charge is 0.396 e. The minimum Gasteiger partial charge on any atom is -0.398 e. The monoisotopic (exact) mass is 231 g/mol. The summed E-state index contributed by atoms with van der Waals surface area (Å²) in [6, 6.07) is 3.80. The third kappa shape index (κ3) is 2.82. The number of carbonyl (C=O) groups is 2. The lowest BCUT2D eigenvalue weighted by Crippen LogP contribution is -2.16. The molecule has 16 heavy (non-hydrogen) atoms. The van der Waals surface area contributed by atoms with Gasteiger partial charge in [0.25, 0.3) is 0 Å². The van der Waals surface area contributed by atoms with Gasteiger partial charge in [-0.15, -0.1) is 0 Å². The molecule has 0 saturated heterocycles. The predicted molar refractivity (Wildman–Crippen MR) is 51.2 cm³/mol. The Kier molecular flexibility index (Phi) is 3.31. The number of halogens is 3. The van der Waals surface area contributed by atoms with Crippen molar-refractivity contribution in [2.75, 3.05) is 5.73 Å². The van der Waals surface area contributed by atoms with Gasteiger partial charge in [-0.05, 0) is 12.1 Å². The predicted octanol–water partition coefficient (Wildman–Crippen LogP) is 2.22. The number of para-hydroxylation sites is 1. The summed E-state index contributed by atoms with van der Waals surface area (Å²) in [4.78, 5) is 21.7. The average molecular weight is 231 g/mol. The second-order valence-corrected chi connectivity index (χ2v) is 3.14. The molecule has 0 amide bonds. The van der Waals surface area contributed by atoms with E-state index in [2.05, 4.69) is 0 Å². The molecule has 0 radical (unpaired) electrons. The number of rotatable bonds is 3. The first kappa shape index (κ1) is 12.2. The first-order chi connectivity index (χ1) is 7.35. The van der Waals surface area contributed by atoms with Crippen LogP contribution in [-0.4, -0.2) is 18.2 Å². The van der Waals surface area contributed by atoms with Gasteiger partial charge in [-0.2, -0.15) is 13.2 Å². The van der Waals surface area contributed by atoms with Crippen LogP contribution in [0.4, 0.5) is 18.9 Å². The number of ketones is 1. The summed E-state index contributed by atoms with van der Waals surface area (Å²) in [6.45, 7) is 0. The molecule has 0 aliphatic carbocycles. The fraction of sp³-hybridized carbons (Fsp3) is 0.200. The van der Waals surface area contributed by atoms with E-state index in [4.69, 9.17) is 5.73 Å². The molecule has 0 aliphatic heterocycles. The number of aldehydes is 1. The standard InChI is InChI=1S/C10H8F3NO2/c11-10(12,13)4-8(16)7-3-1-2-6(5-15)9(7)14/h1-3,5H,4,14H2. The maximum Gasteiger partial charge on any atom is 0.396 e. The molecule has 3 nitrogen and oxygen atoms in total. The molecule has 0 spiro atoms. The molecular weight excluding hydrogens is 223 g/mol. The molecule has 0 unspecified atom stereocenters. The van der Waals surface area contributed by atoms with Crippen LogP contribution >= 0.6 is 0 Å². The number of Topliss-reactive ketones (excluding diaryl/α,β-unsaturated/α-hetero) is 1. The molecule has 0 saturated carbocycles. The van der Waals surface area contributed by atoms with Crippen molar-refractivity contribution < 1.29 is 22.8 Å². The van der Waals surface area contributed by atoms with E-state index >= 15 is 0 Å². The lowest BCUT2D eigenvalue weighted by atomic mass is 10.0. The number of carbonyl (C=O) groups excluding carboxylic acids is 2. The van der Waals surface area contributed by atoms with Crippen molar-refractivity contribution in [3.05, 3.63) is 29.3 Å². The second kappa shape index (κ2) is 4.34. The Labute approximate surface area is 89.1 Å².